The standard InChI is InChI=1S/C19H23ClN2.ClH/c20-16-3-1-2-14(10-16)12-18-17-11-13(8-9-21)4-5-15(17)6-7-19(18)22;/h1-5,10-11,18-19H,6-9,12,21-22H2;1H. The highest BCUT2D eigenvalue weighted by Gasteiger charge is 2.27. The Bertz CT molecular complexity index is 658. The molecule has 0 bridgehead atoms. The monoisotopic (exact) mass is 350 g/mol. The molecular formula is C19H24Cl2N2. The average molecular weight is 351 g/mol. The Morgan fingerprint density at radius 2 is 1.91 bits per heavy atom. The van der Waals surface area contributed by atoms with Crippen LogP contribution in [0.25, 0.3) is 0 Å². The van der Waals surface area contributed by atoms with Gasteiger partial charge in [-0.2, -0.15) is 0 Å². The summed E-state index contributed by atoms with van der Waals surface area (Å²) in [6.07, 6.45) is 3.99. The highest BCUT2D eigenvalue weighted by molar-refractivity contribution is 6.30. The van der Waals surface area contributed by atoms with Gasteiger partial charge in [-0.15, -0.1) is 12.4 Å². The van der Waals surface area contributed by atoms with Crippen LogP contribution in [0.15, 0.2) is 42.5 Å². The maximum Gasteiger partial charge on any atom is 0.0408 e. The second-order valence-corrected chi connectivity index (χ2v) is 6.65. The Hall–Kier alpha value is -1.06. The molecule has 0 heterocycles. The topological polar surface area (TPSA) is 52.0 Å². The van der Waals surface area contributed by atoms with Crippen molar-refractivity contribution in [1.29, 1.82) is 0 Å². The highest BCUT2D eigenvalue weighted by atomic mass is 35.5. The largest absolute Gasteiger partial charge is 0.330 e. The van der Waals surface area contributed by atoms with Crippen LogP contribution in [0.5, 0.6) is 0 Å². The molecule has 1 aliphatic rings. The van der Waals surface area contributed by atoms with Crippen LogP contribution < -0.4 is 11.5 Å². The summed E-state index contributed by atoms with van der Waals surface area (Å²) >= 11 is 6.12. The molecule has 4 N–H and O–H groups in total. The van der Waals surface area contributed by atoms with Gasteiger partial charge in [0, 0.05) is 17.0 Å². The molecule has 1 aliphatic carbocycles. The molecule has 0 fully saturated rings. The van der Waals surface area contributed by atoms with Crippen molar-refractivity contribution in [1.82, 2.24) is 0 Å². The third-order valence-corrected chi connectivity index (χ3v) is 4.89. The van der Waals surface area contributed by atoms with Crippen LogP contribution in [0.1, 0.15) is 34.6 Å². The van der Waals surface area contributed by atoms with E-state index < -0.39 is 0 Å². The fourth-order valence-corrected chi connectivity index (χ4v) is 3.69. The van der Waals surface area contributed by atoms with Gasteiger partial charge in [-0.1, -0.05) is 41.9 Å². The molecule has 23 heavy (non-hydrogen) atoms. The van der Waals surface area contributed by atoms with Crippen LogP contribution >= 0.6 is 24.0 Å². The van der Waals surface area contributed by atoms with Crippen molar-refractivity contribution in [3.63, 3.8) is 0 Å². The molecule has 0 aromatic heterocycles. The van der Waals surface area contributed by atoms with Crippen LogP contribution in [-0.2, 0) is 19.3 Å². The van der Waals surface area contributed by atoms with Crippen molar-refractivity contribution in [3.05, 3.63) is 69.7 Å². The SMILES string of the molecule is Cl.NCCc1ccc2c(c1)C(Cc1cccc(Cl)c1)C(N)CC2. The third-order valence-electron chi connectivity index (χ3n) is 4.65. The van der Waals surface area contributed by atoms with E-state index in [1.165, 1.54) is 22.3 Å². The number of aryl methyl sites for hydroxylation is 1. The van der Waals surface area contributed by atoms with Crippen molar-refractivity contribution in [2.75, 3.05) is 6.54 Å². The lowest BCUT2D eigenvalue weighted by Gasteiger charge is -2.32. The lowest BCUT2D eigenvalue weighted by Crippen LogP contribution is -2.34. The number of halogens is 2. The molecule has 2 unspecified atom stereocenters. The maximum absolute atomic E-state index is 6.45. The second kappa shape index (κ2) is 8.16. The Labute approximate surface area is 149 Å². The summed E-state index contributed by atoms with van der Waals surface area (Å²) in [5.41, 5.74) is 17.6. The van der Waals surface area contributed by atoms with E-state index in [9.17, 15) is 0 Å². The summed E-state index contributed by atoms with van der Waals surface area (Å²) in [5.74, 6) is 0.361. The summed E-state index contributed by atoms with van der Waals surface area (Å²) < 4.78 is 0. The molecule has 0 aliphatic heterocycles. The summed E-state index contributed by atoms with van der Waals surface area (Å²) in [7, 11) is 0. The van der Waals surface area contributed by atoms with Gasteiger partial charge in [0.15, 0.2) is 0 Å². The Morgan fingerprint density at radius 1 is 1.09 bits per heavy atom. The highest BCUT2D eigenvalue weighted by Crippen LogP contribution is 2.34. The third kappa shape index (κ3) is 4.27. The molecule has 0 radical (unpaired) electrons. The number of hydrogen-bond donors (Lipinski definition) is 2. The minimum atomic E-state index is 0. The molecule has 2 atom stereocenters. The number of benzene rings is 2. The van der Waals surface area contributed by atoms with Gasteiger partial charge in [-0.05, 0) is 66.6 Å². The van der Waals surface area contributed by atoms with Gasteiger partial charge < -0.3 is 11.5 Å². The van der Waals surface area contributed by atoms with Gasteiger partial charge in [-0.3, -0.25) is 0 Å². The fraction of sp³-hybridized carbons (Fsp3) is 0.368. The predicted molar refractivity (Wildman–Crippen MR) is 101 cm³/mol. The number of fused-ring (bicyclic) bond motifs is 1. The first-order valence-electron chi connectivity index (χ1n) is 7.99. The molecule has 0 saturated carbocycles. The van der Waals surface area contributed by atoms with Gasteiger partial charge in [0.1, 0.15) is 0 Å². The molecule has 2 aromatic rings. The number of rotatable bonds is 4. The first-order valence-corrected chi connectivity index (χ1v) is 8.37. The average Bonchev–Trinajstić information content (AvgIpc) is 2.51. The normalized spacial score (nSPS) is 19.8. The Kier molecular flexibility index (Phi) is 6.49. The van der Waals surface area contributed by atoms with Crippen molar-refractivity contribution in [2.24, 2.45) is 11.5 Å². The van der Waals surface area contributed by atoms with Crippen molar-refractivity contribution in [2.45, 2.75) is 37.6 Å². The van der Waals surface area contributed by atoms with E-state index >= 15 is 0 Å². The molecule has 0 saturated heterocycles. The molecule has 0 spiro atoms. The van der Waals surface area contributed by atoms with Crippen LogP contribution in [0.2, 0.25) is 5.02 Å². The Balaban J connectivity index is 0.00000192. The van der Waals surface area contributed by atoms with Gasteiger partial charge >= 0.3 is 0 Å². The van der Waals surface area contributed by atoms with E-state index in [0.717, 1.165) is 30.7 Å². The van der Waals surface area contributed by atoms with Gasteiger partial charge in [0.25, 0.3) is 0 Å². The van der Waals surface area contributed by atoms with E-state index in [2.05, 4.69) is 24.3 Å². The smallest absolute Gasteiger partial charge is 0.0408 e. The summed E-state index contributed by atoms with van der Waals surface area (Å²) in [6, 6.07) is 15.1. The van der Waals surface area contributed by atoms with E-state index in [1.807, 2.05) is 18.2 Å². The molecule has 4 heteroatoms. The molecular weight excluding hydrogens is 327 g/mol. The van der Waals surface area contributed by atoms with Crippen LogP contribution in [-0.4, -0.2) is 12.6 Å². The molecule has 0 amide bonds. The van der Waals surface area contributed by atoms with E-state index in [1.54, 1.807) is 0 Å². The van der Waals surface area contributed by atoms with Crippen LogP contribution in [0.3, 0.4) is 0 Å². The maximum atomic E-state index is 6.45. The zero-order chi connectivity index (χ0) is 15.5. The van der Waals surface area contributed by atoms with Gasteiger partial charge in [-0.25, -0.2) is 0 Å². The van der Waals surface area contributed by atoms with Gasteiger partial charge in [0.05, 0.1) is 0 Å². The van der Waals surface area contributed by atoms with E-state index in [4.69, 9.17) is 23.1 Å². The van der Waals surface area contributed by atoms with Gasteiger partial charge in [0.2, 0.25) is 0 Å². The first kappa shape index (κ1) is 18.3. The lowest BCUT2D eigenvalue weighted by molar-refractivity contribution is 0.467. The molecule has 2 aromatic carbocycles. The molecule has 3 rings (SSSR count). The van der Waals surface area contributed by atoms with E-state index in [-0.39, 0.29) is 18.4 Å². The molecule has 124 valence electrons. The van der Waals surface area contributed by atoms with Crippen molar-refractivity contribution in [3.8, 4) is 0 Å². The minimum Gasteiger partial charge on any atom is -0.330 e. The quantitative estimate of drug-likeness (QED) is 0.879. The summed E-state index contributed by atoms with van der Waals surface area (Å²) in [4.78, 5) is 0. The fourth-order valence-electron chi connectivity index (χ4n) is 3.47. The Morgan fingerprint density at radius 3 is 2.65 bits per heavy atom. The number of nitrogens with two attached hydrogens (primary N) is 2. The van der Waals surface area contributed by atoms with E-state index in [0.29, 0.717) is 12.5 Å². The summed E-state index contributed by atoms with van der Waals surface area (Å²) in [5, 5.41) is 0.791. The van der Waals surface area contributed by atoms with Crippen LogP contribution in [0, 0.1) is 0 Å². The van der Waals surface area contributed by atoms with Crippen molar-refractivity contribution < 1.29 is 0 Å². The predicted octanol–water partition coefficient (Wildman–Crippen LogP) is 3.86. The zero-order valence-electron chi connectivity index (χ0n) is 13.2. The second-order valence-electron chi connectivity index (χ2n) is 6.21. The van der Waals surface area contributed by atoms with Crippen molar-refractivity contribution >= 4 is 24.0 Å². The first-order chi connectivity index (χ1) is 10.7. The summed E-state index contributed by atoms with van der Waals surface area (Å²) in [6.45, 7) is 0.684. The molecule has 2 nitrogen and oxygen atoms in total. The van der Waals surface area contributed by atoms with Crippen LogP contribution in [0.4, 0.5) is 0 Å². The minimum absolute atomic E-state index is 0. The number of hydrogen-bond acceptors (Lipinski definition) is 2. The zero-order valence-corrected chi connectivity index (χ0v) is 14.7. The lowest BCUT2D eigenvalue weighted by atomic mass is 9.76.